The number of benzene rings is 1. The van der Waals surface area contributed by atoms with E-state index in [1.54, 1.807) is 6.92 Å². The van der Waals surface area contributed by atoms with Crippen LogP contribution in [0.5, 0.6) is 0 Å². The van der Waals surface area contributed by atoms with E-state index in [1.165, 1.54) is 29.5 Å². The molecule has 2 aromatic rings. The van der Waals surface area contributed by atoms with E-state index in [0.717, 1.165) is 36.1 Å². The molecule has 1 aliphatic carbocycles. The molecule has 0 saturated heterocycles. The van der Waals surface area contributed by atoms with Crippen LogP contribution in [0.2, 0.25) is 0 Å². The van der Waals surface area contributed by atoms with E-state index in [4.69, 9.17) is 5.73 Å². The summed E-state index contributed by atoms with van der Waals surface area (Å²) < 4.78 is 0. The molecule has 8 heteroatoms. The SMILES string of the molecule is CCC(C)(C)[C@@H]1CCc2c(sc(NC(=O)c3ccc([N+](=O)[O-])c(C)c3)c2C(N)=O)C1. The standard InChI is InChI=1S/C22H27N3O4S/c1-5-22(3,4)14-7-8-15-17(11-14)30-21(18(15)19(23)26)24-20(27)13-6-9-16(25(28)29)12(2)10-13/h6,9-10,14H,5,7-8,11H2,1-4H3,(H2,23,26)(H,24,27)/t14-/m1/s1. The zero-order valence-electron chi connectivity index (χ0n) is 17.7. The van der Waals surface area contributed by atoms with Crippen molar-refractivity contribution in [1.82, 2.24) is 0 Å². The lowest BCUT2D eigenvalue weighted by Crippen LogP contribution is -2.29. The molecular weight excluding hydrogens is 402 g/mol. The molecule has 1 aromatic carbocycles. The molecule has 0 saturated carbocycles. The average molecular weight is 430 g/mol. The number of hydrogen-bond acceptors (Lipinski definition) is 5. The van der Waals surface area contributed by atoms with Gasteiger partial charge in [-0.25, -0.2) is 0 Å². The van der Waals surface area contributed by atoms with E-state index in [1.807, 2.05) is 0 Å². The summed E-state index contributed by atoms with van der Waals surface area (Å²) in [6.45, 7) is 8.32. The molecule has 1 atom stereocenters. The predicted molar refractivity (Wildman–Crippen MR) is 118 cm³/mol. The first-order valence-electron chi connectivity index (χ1n) is 10.1. The lowest BCUT2D eigenvalue weighted by atomic mass is 9.69. The van der Waals surface area contributed by atoms with Crippen LogP contribution in [0, 0.1) is 28.4 Å². The summed E-state index contributed by atoms with van der Waals surface area (Å²) >= 11 is 1.41. The average Bonchev–Trinajstić information content (AvgIpc) is 3.04. The number of hydrogen-bond donors (Lipinski definition) is 2. The minimum atomic E-state index is -0.545. The Hall–Kier alpha value is -2.74. The van der Waals surface area contributed by atoms with Gasteiger partial charge in [-0.15, -0.1) is 11.3 Å². The van der Waals surface area contributed by atoms with Crippen LogP contribution in [0.4, 0.5) is 10.7 Å². The van der Waals surface area contributed by atoms with Crippen LogP contribution in [0.25, 0.3) is 0 Å². The number of nitro groups is 1. The third-order valence-corrected chi connectivity index (χ3v) is 7.58. The van der Waals surface area contributed by atoms with Crippen molar-refractivity contribution in [3.63, 3.8) is 0 Å². The third kappa shape index (κ3) is 4.09. The van der Waals surface area contributed by atoms with Crippen LogP contribution in [0.1, 0.15) is 70.3 Å². The number of primary amides is 1. The molecule has 30 heavy (non-hydrogen) atoms. The number of nitrogens with zero attached hydrogens (tertiary/aromatic N) is 1. The minimum Gasteiger partial charge on any atom is -0.365 e. The fourth-order valence-corrected chi connectivity index (χ4v) is 5.39. The predicted octanol–water partition coefficient (Wildman–Crippen LogP) is 4.86. The number of carbonyl (C=O) groups excluding carboxylic acids is 2. The summed E-state index contributed by atoms with van der Waals surface area (Å²) in [4.78, 5) is 36.6. The van der Waals surface area contributed by atoms with Crippen LogP contribution in [-0.2, 0) is 12.8 Å². The number of nitro benzene ring substituents is 1. The maximum atomic E-state index is 12.8. The second kappa shape index (κ2) is 8.18. The van der Waals surface area contributed by atoms with Crippen molar-refractivity contribution in [2.45, 2.75) is 53.4 Å². The molecule has 0 radical (unpaired) electrons. The van der Waals surface area contributed by atoms with Crippen molar-refractivity contribution in [1.29, 1.82) is 0 Å². The number of nitrogens with two attached hydrogens (primary N) is 1. The summed E-state index contributed by atoms with van der Waals surface area (Å²) in [7, 11) is 0. The summed E-state index contributed by atoms with van der Waals surface area (Å²) in [6.07, 6.45) is 3.70. The van der Waals surface area contributed by atoms with Gasteiger partial charge in [0.25, 0.3) is 17.5 Å². The zero-order chi connectivity index (χ0) is 22.2. The fraction of sp³-hybridized carbons (Fsp3) is 0.455. The number of anilines is 1. The number of amides is 2. The van der Waals surface area contributed by atoms with Crippen molar-refractivity contribution in [2.75, 3.05) is 5.32 Å². The van der Waals surface area contributed by atoms with Crippen molar-refractivity contribution >= 4 is 33.8 Å². The van der Waals surface area contributed by atoms with Gasteiger partial charge in [-0.1, -0.05) is 27.2 Å². The minimum absolute atomic E-state index is 0.0412. The van der Waals surface area contributed by atoms with E-state index in [-0.39, 0.29) is 11.1 Å². The fourth-order valence-electron chi connectivity index (χ4n) is 4.07. The molecule has 3 rings (SSSR count). The smallest absolute Gasteiger partial charge is 0.272 e. The molecule has 1 aliphatic rings. The first kappa shape index (κ1) is 22.0. The van der Waals surface area contributed by atoms with Gasteiger partial charge in [0, 0.05) is 22.1 Å². The zero-order valence-corrected chi connectivity index (χ0v) is 18.5. The first-order chi connectivity index (χ1) is 14.0. The third-order valence-electron chi connectivity index (χ3n) is 6.41. The molecule has 160 valence electrons. The number of rotatable bonds is 6. The number of thiophene rings is 1. The van der Waals surface area contributed by atoms with Crippen molar-refractivity contribution in [3.05, 3.63) is 55.4 Å². The molecule has 0 bridgehead atoms. The molecule has 2 amide bonds. The van der Waals surface area contributed by atoms with Gasteiger partial charge in [0.2, 0.25) is 0 Å². The molecule has 3 N–H and O–H groups in total. The van der Waals surface area contributed by atoms with Gasteiger partial charge >= 0.3 is 0 Å². The molecule has 1 heterocycles. The Morgan fingerprint density at radius 3 is 2.63 bits per heavy atom. The van der Waals surface area contributed by atoms with Gasteiger partial charge in [-0.3, -0.25) is 19.7 Å². The number of nitrogens with one attached hydrogen (secondary N) is 1. The molecule has 0 aliphatic heterocycles. The Bertz CT molecular complexity index is 1030. The Kier molecular flexibility index (Phi) is 5.99. The van der Waals surface area contributed by atoms with Crippen molar-refractivity contribution in [3.8, 4) is 0 Å². The van der Waals surface area contributed by atoms with E-state index in [0.29, 0.717) is 27.6 Å². The van der Waals surface area contributed by atoms with E-state index in [9.17, 15) is 19.7 Å². The normalized spacial score (nSPS) is 16.1. The van der Waals surface area contributed by atoms with Crippen LogP contribution in [-0.4, -0.2) is 16.7 Å². The molecule has 0 spiro atoms. The molecule has 0 unspecified atom stereocenters. The van der Waals surface area contributed by atoms with Crippen LogP contribution in [0.3, 0.4) is 0 Å². The second-order valence-electron chi connectivity index (χ2n) is 8.57. The molecule has 0 fully saturated rings. The maximum absolute atomic E-state index is 12.8. The van der Waals surface area contributed by atoms with Crippen molar-refractivity contribution < 1.29 is 14.5 Å². The summed E-state index contributed by atoms with van der Waals surface area (Å²) in [5.41, 5.74) is 7.87. The van der Waals surface area contributed by atoms with E-state index >= 15 is 0 Å². The highest BCUT2D eigenvalue weighted by Crippen LogP contribution is 2.45. The number of aryl methyl sites for hydroxylation is 1. The van der Waals surface area contributed by atoms with Crippen LogP contribution >= 0.6 is 11.3 Å². The molecular formula is C22H27N3O4S. The first-order valence-corrected chi connectivity index (χ1v) is 10.9. The van der Waals surface area contributed by atoms with Gasteiger partial charge in [0.05, 0.1) is 10.5 Å². The van der Waals surface area contributed by atoms with Gasteiger partial charge in [-0.05, 0) is 55.2 Å². The second-order valence-corrected chi connectivity index (χ2v) is 9.67. The van der Waals surface area contributed by atoms with Gasteiger partial charge in [0.1, 0.15) is 5.00 Å². The van der Waals surface area contributed by atoms with Gasteiger partial charge in [0.15, 0.2) is 0 Å². The largest absolute Gasteiger partial charge is 0.365 e. The summed E-state index contributed by atoms with van der Waals surface area (Å²) in [6, 6.07) is 4.21. The molecule has 1 aromatic heterocycles. The highest BCUT2D eigenvalue weighted by molar-refractivity contribution is 7.17. The highest BCUT2D eigenvalue weighted by atomic mass is 32.1. The lowest BCUT2D eigenvalue weighted by molar-refractivity contribution is -0.385. The van der Waals surface area contributed by atoms with E-state index < -0.39 is 16.7 Å². The Morgan fingerprint density at radius 1 is 1.37 bits per heavy atom. The van der Waals surface area contributed by atoms with Gasteiger partial charge in [-0.2, -0.15) is 0 Å². The van der Waals surface area contributed by atoms with Gasteiger partial charge < -0.3 is 11.1 Å². The molecule has 7 nitrogen and oxygen atoms in total. The van der Waals surface area contributed by atoms with Crippen molar-refractivity contribution in [2.24, 2.45) is 17.1 Å². The Labute approximate surface area is 179 Å². The van der Waals surface area contributed by atoms with Crippen LogP contribution < -0.4 is 11.1 Å². The Balaban J connectivity index is 1.90. The van der Waals surface area contributed by atoms with E-state index in [2.05, 4.69) is 26.1 Å². The highest BCUT2D eigenvalue weighted by Gasteiger charge is 2.35. The summed E-state index contributed by atoms with van der Waals surface area (Å²) in [5.74, 6) is -0.453. The monoisotopic (exact) mass is 429 g/mol. The lowest BCUT2D eigenvalue weighted by Gasteiger charge is -2.36. The van der Waals surface area contributed by atoms with Crippen LogP contribution in [0.15, 0.2) is 18.2 Å². The number of carbonyl (C=O) groups is 2. The topological polar surface area (TPSA) is 115 Å². The quantitative estimate of drug-likeness (QED) is 0.504. The Morgan fingerprint density at radius 2 is 2.07 bits per heavy atom. The number of fused-ring (bicyclic) bond motifs is 1. The maximum Gasteiger partial charge on any atom is 0.272 e. The summed E-state index contributed by atoms with van der Waals surface area (Å²) in [5, 5.41) is 14.3.